The summed E-state index contributed by atoms with van der Waals surface area (Å²) in [5.41, 5.74) is 5.40. The Morgan fingerprint density at radius 1 is 1.27 bits per heavy atom. The Labute approximate surface area is 167 Å². The molecule has 3 aromatic heterocycles. The first-order chi connectivity index (χ1) is 12.7. The number of fused-ring (bicyclic) bond motifs is 5. The molecule has 3 heterocycles. The van der Waals surface area contributed by atoms with Crippen LogP contribution in [0.2, 0.25) is 0 Å². The maximum atomic E-state index is 5.96. The molecule has 0 aliphatic heterocycles. The largest absolute Gasteiger partial charge is 0.242 e. The van der Waals surface area contributed by atoms with Gasteiger partial charge in [-0.1, -0.05) is 31.0 Å². The fraction of sp³-hybridized carbons (Fsp3) is 0.450. The molecule has 6 heteroatoms. The van der Waals surface area contributed by atoms with Crippen molar-refractivity contribution in [2.24, 2.45) is 0 Å². The Morgan fingerprint density at radius 3 is 2.85 bits per heavy atom. The third-order valence-electron chi connectivity index (χ3n) is 4.85. The van der Waals surface area contributed by atoms with E-state index < -0.39 is 0 Å². The van der Waals surface area contributed by atoms with Gasteiger partial charge in [0.1, 0.15) is 16.2 Å². The Balaban J connectivity index is 1.89. The zero-order chi connectivity index (χ0) is 18.1. The van der Waals surface area contributed by atoms with Gasteiger partial charge < -0.3 is 0 Å². The molecule has 0 saturated heterocycles. The zero-order valence-electron chi connectivity index (χ0n) is 15.1. The summed E-state index contributed by atoms with van der Waals surface area (Å²) in [6.07, 6.45) is 10.8. The van der Waals surface area contributed by atoms with E-state index in [4.69, 9.17) is 16.6 Å². The summed E-state index contributed by atoms with van der Waals surface area (Å²) in [4.78, 5) is 15.4. The normalized spacial score (nSPS) is 15.0. The minimum Gasteiger partial charge on any atom is -0.242 e. The Bertz CT molecular complexity index is 990. The molecule has 1 aliphatic rings. The van der Waals surface area contributed by atoms with E-state index in [9.17, 15) is 0 Å². The molecule has 0 N–H and O–H groups in total. The van der Waals surface area contributed by atoms with Gasteiger partial charge in [0.25, 0.3) is 0 Å². The molecule has 26 heavy (non-hydrogen) atoms. The van der Waals surface area contributed by atoms with Crippen LogP contribution in [0.15, 0.2) is 22.5 Å². The molecule has 0 unspecified atom stereocenters. The molecule has 3 aromatic rings. The molecule has 1 aliphatic carbocycles. The van der Waals surface area contributed by atoms with Gasteiger partial charge >= 0.3 is 0 Å². The number of aryl methyl sites for hydroxylation is 2. The first kappa shape index (κ1) is 18.2. The number of aromatic nitrogens is 3. The molecule has 0 amide bonds. The fourth-order valence-electron chi connectivity index (χ4n) is 3.70. The van der Waals surface area contributed by atoms with E-state index in [0.29, 0.717) is 0 Å². The number of hydrogen-bond acceptors (Lipinski definition) is 5. The van der Waals surface area contributed by atoms with Crippen molar-refractivity contribution in [1.82, 2.24) is 15.0 Å². The van der Waals surface area contributed by atoms with Crippen LogP contribution >= 0.6 is 34.7 Å². The molecule has 0 fully saturated rings. The van der Waals surface area contributed by atoms with Crippen LogP contribution in [0.4, 0.5) is 0 Å². The van der Waals surface area contributed by atoms with Crippen LogP contribution in [0, 0.1) is 0 Å². The van der Waals surface area contributed by atoms with Crippen LogP contribution in [0.25, 0.3) is 20.4 Å². The lowest BCUT2D eigenvalue weighted by atomic mass is 9.88. The van der Waals surface area contributed by atoms with Crippen molar-refractivity contribution in [2.75, 3.05) is 5.75 Å². The average molecular weight is 404 g/mol. The number of rotatable bonds is 5. The molecule has 0 saturated carbocycles. The van der Waals surface area contributed by atoms with Crippen LogP contribution in [0.5, 0.6) is 0 Å². The van der Waals surface area contributed by atoms with Crippen molar-refractivity contribution in [1.29, 1.82) is 0 Å². The molecule has 0 aromatic carbocycles. The first-order valence-corrected chi connectivity index (χ1v) is 11.4. The monoisotopic (exact) mass is 403 g/mol. The quantitative estimate of drug-likeness (QED) is 0.369. The van der Waals surface area contributed by atoms with Gasteiger partial charge in [-0.15, -0.1) is 23.1 Å². The highest BCUT2D eigenvalue weighted by atomic mass is 35.5. The van der Waals surface area contributed by atoms with Crippen molar-refractivity contribution < 1.29 is 0 Å². The molecule has 3 nitrogen and oxygen atoms in total. The first-order valence-electron chi connectivity index (χ1n) is 9.22. The van der Waals surface area contributed by atoms with Gasteiger partial charge in [-0.05, 0) is 50.2 Å². The van der Waals surface area contributed by atoms with Crippen molar-refractivity contribution in [3.63, 3.8) is 0 Å². The highest BCUT2D eigenvalue weighted by Crippen LogP contribution is 2.41. The zero-order valence-corrected chi connectivity index (χ0v) is 17.5. The van der Waals surface area contributed by atoms with Gasteiger partial charge in [-0.25, -0.2) is 15.0 Å². The summed E-state index contributed by atoms with van der Waals surface area (Å²) in [7, 11) is 0. The third kappa shape index (κ3) is 3.37. The Kier molecular flexibility index (Phi) is 5.48. The van der Waals surface area contributed by atoms with Crippen LogP contribution in [0.3, 0.4) is 0 Å². The van der Waals surface area contributed by atoms with Crippen LogP contribution < -0.4 is 0 Å². The van der Waals surface area contributed by atoms with Gasteiger partial charge in [0, 0.05) is 21.9 Å². The smallest absolute Gasteiger partial charge is 0.126 e. The Hall–Kier alpha value is -1.17. The molecule has 0 bridgehead atoms. The van der Waals surface area contributed by atoms with E-state index >= 15 is 0 Å². The SMILES string of the molecule is CCCc1nc2sc3c(SC/C=C(\C)Cl)ncnc3c2c2c1CCCC2. The maximum absolute atomic E-state index is 5.96. The van der Waals surface area contributed by atoms with E-state index in [1.807, 2.05) is 13.0 Å². The van der Waals surface area contributed by atoms with Crippen LogP contribution in [-0.2, 0) is 19.3 Å². The summed E-state index contributed by atoms with van der Waals surface area (Å²) in [6.45, 7) is 4.14. The predicted molar refractivity (Wildman–Crippen MR) is 114 cm³/mol. The third-order valence-corrected chi connectivity index (χ3v) is 7.13. The second-order valence-corrected chi connectivity index (χ2v) is 9.32. The summed E-state index contributed by atoms with van der Waals surface area (Å²) in [5.74, 6) is 0.822. The molecule has 136 valence electrons. The summed E-state index contributed by atoms with van der Waals surface area (Å²) < 4.78 is 1.17. The van der Waals surface area contributed by atoms with Gasteiger partial charge in [-0.2, -0.15) is 0 Å². The molecule has 0 atom stereocenters. The second-order valence-electron chi connectivity index (χ2n) is 6.71. The van der Waals surface area contributed by atoms with Gasteiger partial charge in [0.2, 0.25) is 0 Å². The van der Waals surface area contributed by atoms with E-state index in [1.54, 1.807) is 29.4 Å². The number of nitrogens with zero attached hydrogens (tertiary/aromatic N) is 3. The molecule has 0 spiro atoms. The minimum absolute atomic E-state index is 0.819. The number of hydrogen-bond donors (Lipinski definition) is 0. The van der Waals surface area contributed by atoms with E-state index in [-0.39, 0.29) is 0 Å². The van der Waals surface area contributed by atoms with E-state index in [2.05, 4.69) is 16.9 Å². The van der Waals surface area contributed by atoms with Gasteiger partial charge in [0.05, 0.1) is 10.2 Å². The fourth-order valence-corrected chi connectivity index (χ4v) is 6.07. The predicted octanol–water partition coefficient (Wildman–Crippen LogP) is 6.31. The summed E-state index contributed by atoms with van der Waals surface area (Å²) in [6, 6.07) is 0. The second kappa shape index (κ2) is 7.83. The molecule has 4 rings (SSSR count). The minimum atomic E-state index is 0.819. The highest BCUT2D eigenvalue weighted by molar-refractivity contribution is 7.99. The lowest BCUT2D eigenvalue weighted by Crippen LogP contribution is -2.09. The summed E-state index contributed by atoms with van der Waals surface area (Å²) >= 11 is 9.43. The molecular formula is C20H22ClN3S2. The van der Waals surface area contributed by atoms with Crippen LogP contribution in [0.1, 0.15) is 49.9 Å². The van der Waals surface area contributed by atoms with Crippen LogP contribution in [-0.4, -0.2) is 20.7 Å². The van der Waals surface area contributed by atoms with Crippen molar-refractivity contribution in [3.8, 4) is 0 Å². The average Bonchev–Trinajstić information content (AvgIpc) is 3.01. The van der Waals surface area contributed by atoms with Gasteiger partial charge in [0.15, 0.2) is 0 Å². The van der Waals surface area contributed by atoms with Crippen molar-refractivity contribution >= 4 is 55.1 Å². The summed E-state index contributed by atoms with van der Waals surface area (Å²) in [5, 5.41) is 3.14. The number of thioether (sulfide) groups is 1. The van der Waals surface area contributed by atoms with Crippen molar-refractivity contribution in [3.05, 3.63) is 34.3 Å². The Morgan fingerprint density at radius 2 is 2.08 bits per heavy atom. The number of thiophene rings is 1. The topological polar surface area (TPSA) is 38.7 Å². The number of allylic oxidation sites excluding steroid dienone is 1. The molecule has 0 radical (unpaired) electrons. The maximum Gasteiger partial charge on any atom is 0.126 e. The standard InChI is InChI=1S/C20H22ClN3S2/c1-3-6-15-13-7-4-5-8-14(13)16-17-18(26-19(16)24-15)20(23-11-22-17)25-10-9-12(2)21/h9,11H,3-8,10H2,1-2H3/b12-9+. The lowest BCUT2D eigenvalue weighted by molar-refractivity contribution is 0.675. The molecular weight excluding hydrogens is 382 g/mol. The lowest BCUT2D eigenvalue weighted by Gasteiger charge is -2.19. The van der Waals surface area contributed by atoms with Crippen molar-refractivity contribution in [2.45, 2.75) is 57.4 Å². The van der Waals surface area contributed by atoms with E-state index in [0.717, 1.165) is 51.8 Å². The number of halogens is 1. The van der Waals surface area contributed by atoms with E-state index in [1.165, 1.54) is 39.7 Å². The highest BCUT2D eigenvalue weighted by Gasteiger charge is 2.22. The van der Waals surface area contributed by atoms with Gasteiger partial charge in [-0.3, -0.25) is 0 Å². The number of pyridine rings is 1.